The summed E-state index contributed by atoms with van der Waals surface area (Å²) < 4.78 is 5.11. The van der Waals surface area contributed by atoms with Crippen molar-refractivity contribution in [2.24, 2.45) is 17.4 Å². The minimum Gasteiger partial charge on any atom is -0.380 e. The van der Waals surface area contributed by atoms with Crippen LogP contribution in [0.2, 0.25) is 0 Å². The van der Waals surface area contributed by atoms with Crippen LogP contribution in [0.15, 0.2) is 24.3 Å². The number of ether oxygens (including phenoxy) is 1. The first-order chi connectivity index (χ1) is 12.0. The molecule has 1 saturated heterocycles. The highest BCUT2D eigenvalue weighted by molar-refractivity contribution is 5.91. The number of anilines is 1. The minimum atomic E-state index is -0.267. The number of hydrogen-bond acceptors (Lipinski definition) is 5. The highest BCUT2D eigenvalue weighted by atomic mass is 16.5. The third-order valence-electron chi connectivity index (χ3n) is 4.56. The molecule has 0 aromatic heterocycles. The summed E-state index contributed by atoms with van der Waals surface area (Å²) in [5, 5.41) is 2.84. The molecule has 0 saturated carbocycles. The number of hydrogen-bond donors (Lipinski definition) is 3. The quantitative estimate of drug-likeness (QED) is 0.640. The number of primary amides is 1. The van der Waals surface area contributed by atoms with Crippen LogP contribution in [-0.2, 0) is 20.9 Å². The fourth-order valence-electron chi connectivity index (χ4n) is 3.06. The molecule has 138 valence electrons. The number of carbonyl (C=O) groups is 2. The fraction of sp³-hybridized carbons (Fsp3) is 0.556. The van der Waals surface area contributed by atoms with E-state index in [2.05, 4.69) is 10.2 Å². The van der Waals surface area contributed by atoms with E-state index >= 15 is 0 Å². The second-order valence-corrected chi connectivity index (χ2v) is 6.52. The third-order valence-corrected chi connectivity index (χ3v) is 4.56. The lowest BCUT2D eigenvalue weighted by Crippen LogP contribution is -2.40. The molecular formula is C18H28N4O3. The molecule has 1 fully saturated rings. The van der Waals surface area contributed by atoms with Crippen molar-refractivity contribution in [3.63, 3.8) is 0 Å². The number of amides is 2. The maximum Gasteiger partial charge on any atom is 0.227 e. The fourth-order valence-corrected chi connectivity index (χ4v) is 3.06. The Morgan fingerprint density at radius 3 is 2.68 bits per heavy atom. The maximum atomic E-state index is 11.9. The average Bonchev–Trinajstić information content (AvgIpc) is 2.61. The molecule has 7 heteroatoms. The van der Waals surface area contributed by atoms with Gasteiger partial charge in [-0.2, -0.15) is 0 Å². The van der Waals surface area contributed by atoms with E-state index in [1.165, 1.54) is 0 Å². The van der Waals surface area contributed by atoms with Gasteiger partial charge in [0.25, 0.3) is 0 Å². The molecule has 2 unspecified atom stereocenters. The van der Waals surface area contributed by atoms with Gasteiger partial charge in [0.05, 0.1) is 18.4 Å². The van der Waals surface area contributed by atoms with E-state index in [1.54, 1.807) is 7.11 Å². The summed E-state index contributed by atoms with van der Waals surface area (Å²) in [5.41, 5.74) is 12.8. The lowest BCUT2D eigenvalue weighted by molar-refractivity contribution is -0.123. The zero-order valence-electron chi connectivity index (χ0n) is 14.7. The minimum absolute atomic E-state index is 0.0522. The number of carbonyl (C=O) groups excluding carboxylic acids is 2. The average molecular weight is 348 g/mol. The van der Waals surface area contributed by atoms with Crippen LogP contribution >= 0.6 is 0 Å². The van der Waals surface area contributed by atoms with E-state index in [1.807, 2.05) is 24.3 Å². The molecule has 1 heterocycles. The van der Waals surface area contributed by atoms with Gasteiger partial charge < -0.3 is 21.5 Å². The topological polar surface area (TPSA) is 111 Å². The molecule has 0 radical (unpaired) electrons. The van der Waals surface area contributed by atoms with E-state index in [-0.39, 0.29) is 30.3 Å². The van der Waals surface area contributed by atoms with E-state index < -0.39 is 0 Å². The van der Waals surface area contributed by atoms with Gasteiger partial charge in [-0.3, -0.25) is 14.5 Å². The summed E-state index contributed by atoms with van der Waals surface area (Å²) in [5.74, 6) is -0.386. The Balaban J connectivity index is 1.85. The van der Waals surface area contributed by atoms with Gasteiger partial charge in [0.2, 0.25) is 11.8 Å². The van der Waals surface area contributed by atoms with Crippen LogP contribution in [0.4, 0.5) is 5.69 Å². The molecule has 2 amide bonds. The Kier molecular flexibility index (Phi) is 7.36. The van der Waals surface area contributed by atoms with Crippen LogP contribution in [-0.4, -0.2) is 49.6 Å². The summed E-state index contributed by atoms with van der Waals surface area (Å²) in [6.45, 7) is 2.77. The first-order valence-electron chi connectivity index (χ1n) is 8.65. The number of likely N-dealkylation sites (tertiary alicyclic amines) is 1. The van der Waals surface area contributed by atoms with Crippen molar-refractivity contribution in [3.8, 4) is 0 Å². The van der Waals surface area contributed by atoms with Crippen LogP contribution in [0.1, 0.15) is 24.8 Å². The monoisotopic (exact) mass is 348 g/mol. The van der Waals surface area contributed by atoms with Gasteiger partial charge in [-0.15, -0.1) is 0 Å². The third kappa shape index (κ3) is 6.12. The second-order valence-electron chi connectivity index (χ2n) is 6.52. The van der Waals surface area contributed by atoms with Gasteiger partial charge in [-0.05, 0) is 37.1 Å². The number of nitrogens with zero attached hydrogens (tertiary/aromatic N) is 1. The number of nitrogens with one attached hydrogen (secondary N) is 1. The Bertz CT molecular complexity index is 572. The lowest BCUT2D eigenvalue weighted by Gasteiger charge is -2.31. The van der Waals surface area contributed by atoms with Gasteiger partial charge in [0.1, 0.15) is 0 Å². The van der Waals surface area contributed by atoms with E-state index in [4.69, 9.17) is 16.2 Å². The first kappa shape index (κ1) is 19.4. The smallest absolute Gasteiger partial charge is 0.227 e. The van der Waals surface area contributed by atoms with Crippen molar-refractivity contribution in [3.05, 3.63) is 29.8 Å². The van der Waals surface area contributed by atoms with Gasteiger partial charge in [-0.25, -0.2) is 0 Å². The molecule has 2 rings (SSSR count). The van der Waals surface area contributed by atoms with Crippen LogP contribution in [0.3, 0.4) is 0 Å². The Morgan fingerprint density at radius 2 is 2.08 bits per heavy atom. The number of nitrogens with two attached hydrogens (primary N) is 2. The van der Waals surface area contributed by atoms with Crippen molar-refractivity contribution >= 4 is 17.5 Å². The second kappa shape index (κ2) is 9.50. The summed E-state index contributed by atoms with van der Waals surface area (Å²) >= 11 is 0. The molecule has 7 nitrogen and oxygen atoms in total. The first-order valence-corrected chi connectivity index (χ1v) is 8.65. The Labute approximate surface area is 148 Å². The molecule has 1 aliphatic rings. The summed E-state index contributed by atoms with van der Waals surface area (Å²) in [6.07, 6.45) is 1.83. The summed E-state index contributed by atoms with van der Waals surface area (Å²) in [4.78, 5) is 25.5. The van der Waals surface area contributed by atoms with Gasteiger partial charge in [-0.1, -0.05) is 12.1 Å². The predicted octanol–water partition coefficient (Wildman–Crippen LogP) is 0.686. The molecule has 2 atom stereocenters. The van der Waals surface area contributed by atoms with E-state index in [0.29, 0.717) is 13.1 Å². The van der Waals surface area contributed by atoms with Crippen LogP contribution < -0.4 is 16.8 Å². The standard InChI is InChI=1S/C18H28N4O3/c1-25-16(10-19)9-17(23)21-15-6-4-13(5-7-15)11-22-8-2-3-14(12-22)18(20)24/h4-7,14,16H,2-3,8-12,19H2,1H3,(H2,20,24)(H,21,23). The van der Waals surface area contributed by atoms with Crippen molar-refractivity contribution in [2.45, 2.75) is 31.9 Å². The van der Waals surface area contributed by atoms with Crippen LogP contribution in [0.25, 0.3) is 0 Å². The highest BCUT2D eigenvalue weighted by Crippen LogP contribution is 2.19. The molecular weight excluding hydrogens is 320 g/mol. The number of methoxy groups -OCH3 is 1. The largest absolute Gasteiger partial charge is 0.380 e. The van der Waals surface area contributed by atoms with E-state index in [0.717, 1.165) is 37.2 Å². The van der Waals surface area contributed by atoms with Gasteiger partial charge >= 0.3 is 0 Å². The van der Waals surface area contributed by atoms with Gasteiger partial charge in [0.15, 0.2) is 0 Å². The van der Waals surface area contributed by atoms with Gasteiger partial charge in [0, 0.05) is 32.4 Å². The molecule has 25 heavy (non-hydrogen) atoms. The Hall–Kier alpha value is -1.96. The molecule has 1 aromatic carbocycles. The summed E-state index contributed by atoms with van der Waals surface area (Å²) in [6, 6.07) is 7.74. The SMILES string of the molecule is COC(CN)CC(=O)Nc1ccc(CN2CCCC(C(N)=O)C2)cc1. The number of benzene rings is 1. The lowest BCUT2D eigenvalue weighted by atomic mass is 9.97. The Morgan fingerprint density at radius 1 is 1.36 bits per heavy atom. The molecule has 0 spiro atoms. The zero-order chi connectivity index (χ0) is 18.2. The maximum absolute atomic E-state index is 11.9. The molecule has 5 N–H and O–H groups in total. The number of rotatable bonds is 8. The van der Waals surface area contributed by atoms with Crippen molar-refractivity contribution in [1.29, 1.82) is 0 Å². The predicted molar refractivity (Wildman–Crippen MR) is 96.7 cm³/mol. The molecule has 0 aliphatic carbocycles. The summed E-state index contributed by atoms with van der Waals surface area (Å²) in [7, 11) is 1.54. The molecule has 0 bridgehead atoms. The zero-order valence-corrected chi connectivity index (χ0v) is 14.7. The van der Waals surface area contributed by atoms with Crippen molar-refractivity contribution < 1.29 is 14.3 Å². The normalized spacial score (nSPS) is 19.4. The van der Waals surface area contributed by atoms with Crippen LogP contribution in [0.5, 0.6) is 0 Å². The van der Waals surface area contributed by atoms with Crippen molar-refractivity contribution in [2.75, 3.05) is 32.1 Å². The molecule has 1 aliphatic heterocycles. The number of piperidine rings is 1. The van der Waals surface area contributed by atoms with Crippen molar-refractivity contribution in [1.82, 2.24) is 4.90 Å². The molecule has 1 aromatic rings. The van der Waals surface area contributed by atoms with E-state index in [9.17, 15) is 9.59 Å². The van der Waals surface area contributed by atoms with Crippen LogP contribution in [0, 0.1) is 5.92 Å². The highest BCUT2D eigenvalue weighted by Gasteiger charge is 2.23.